The van der Waals surface area contributed by atoms with Crippen LogP contribution in [0.3, 0.4) is 0 Å². The number of amides is 1. The number of aromatic amines is 1. The molecule has 2 aromatic carbocycles. The fourth-order valence-corrected chi connectivity index (χ4v) is 2.24. The van der Waals surface area contributed by atoms with E-state index in [-0.39, 0.29) is 5.91 Å². The third-order valence-corrected chi connectivity index (χ3v) is 3.52. The number of fused-ring (bicyclic) bond motifs is 1. The molecular formula is C14H11BrN4O. The van der Waals surface area contributed by atoms with Gasteiger partial charge in [0.25, 0.3) is 5.91 Å². The fraction of sp³-hybridized carbons (Fsp3) is 0. The van der Waals surface area contributed by atoms with Crippen LogP contribution in [0.1, 0.15) is 10.4 Å². The average molecular weight is 331 g/mol. The maximum Gasteiger partial charge on any atom is 0.265 e. The summed E-state index contributed by atoms with van der Waals surface area (Å²) >= 11 is 3.40. The van der Waals surface area contributed by atoms with Crippen molar-refractivity contribution in [3.63, 3.8) is 0 Å². The smallest absolute Gasteiger partial charge is 0.265 e. The zero-order valence-electron chi connectivity index (χ0n) is 10.4. The van der Waals surface area contributed by atoms with E-state index in [1.165, 1.54) is 0 Å². The van der Waals surface area contributed by atoms with E-state index in [1.54, 1.807) is 18.2 Å². The third-order valence-electron chi connectivity index (χ3n) is 2.99. The highest BCUT2D eigenvalue weighted by atomic mass is 79.9. The number of hydrogen-bond acceptors (Lipinski definition) is 3. The number of nitrogens with two attached hydrogens (primary N) is 1. The van der Waals surface area contributed by atoms with E-state index in [2.05, 4.69) is 31.3 Å². The van der Waals surface area contributed by atoms with Gasteiger partial charge in [-0.05, 0) is 30.3 Å². The first-order valence-corrected chi connectivity index (χ1v) is 6.73. The summed E-state index contributed by atoms with van der Waals surface area (Å²) in [5.74, 6) is 5.56. The lowest BCUT2D eigenvalue weighted by atomic mass is 10.2. The molecule has 0 spiro atoms. The monoisotopic (exact) mass is 330 g/mol. The van der Waals surface area contributed by atoms with Crippen molar-refractivity contribution in [2.45, 2.75) is 0 Å². The molecule has 1 heterocycles. The molecule has 5 nitrogen and oxygen atoms in total. The predicted octanol–water partition coefficient (Wildman–Crippen LogP) is 2.60. The van der Waals surface area contributed by atoms with Gasteiger partial charge in [0.05, 0.1) is 11.0 Å². The van der Waals surface area contributed by atoms with Crippen LogP contribution >= 0.6 is 15.9 Å². The Bertz CT molecular complexity index is 779. The summed E-state index contributed by atoms with van der Waals surface area (Å²) in [5, 5.41) is 0. The first-order valence-electron chi connectivity index (χ1n) is 5.94. The molecule has 6 heteroatoms. The number of H-pyrrole nitrogens is 1. The van der Waals surface area contributed by atoms with Crippen LogP contribution in [0.4, 0.5) is 0 Å². The average Bonchev–Trinajstić information content (AvgIpc) is 2.90. The molecule has 0 fully saturated rings. The number of imidazole rings is 1. The highest BCUT2D eigenvalue weighted by Gasteiger charge is 2.09. The summed E-state index contributed by atoms with van der Waals surface area (Å²) in [6, 6.07) is 13.1. The molecule has 0 aliphatic heterocycles. The zero-order valence-corrected chi connectivity index (χ0v) is 11.9. The van der Waals surface area contributed by atoms with Crippen molar-refractivity contribution in [2.24, 2.45) is 5.84 Å². The van der Waals surface area contributed by atoms with E-state index in [9.17, 15) is 4.79 Å². The van der Waals surface area contributed by atoms with E-state index in [0.29, 0.717) is 5.56 Å². The number of nitrogens with one attached hydrogen (secondary N) is 2. The van der Waals surface area contributed by atoms with Gasteiger partial charge in [-0.2, -0.15) is 0 Å². The van der Waals surface area contributed by atoms with Crippen LogP contribution in [0.5, 0.6) is 0 Å². The molecule has 0 aliphatic rings. The van der Waals surface area contributed by atoms with Crippen LogP contribution in [0, 0.1) is 0 Å². The van der Waals surface area contributed by atoms with Crippen LogP contribution < -0.4 is 11.3 Å². The molecule has 0 bridgehead atoms. The minimum absolute atomic E-state index is 0.327. The molecule has 0 saturated heterocycles. The number of carbonyl (C=O) groups is 1. The van der Waals surface area contributed by atoms with Crippen molar-refractivity contribution in [3.05, 3.63) is 52.5 Å². The summed E-state index contributed by atoms with van der Waals surface area (Å²) < 4.78 is 1.01. The highest BCUT2D eigenvalue weighted by molar-refractivity contribution is 9.10. The molecule has 0 saturated carbocycles. The summed E-state index contributed by atoms with van der Waals surface area (Å²) in [6.45, 7) is 0. The van der Waals surface area contributed by atoms with Crippen molar-refractivity contribution >= 4 is 32.9 Å². The van der Waals surface area contributed by atoms with E-state index >= 15 is 0 Å². The van der Waals surface area contributed by atoms with Crippen molar-refractivity contribution < 1.29 is 4.79 Å². The summed E-state index contributed by atoms with van der Waals surface area (Å²) in [7, 11) is 0. The molecule has 20 heavy (non-hydrogen) atoms. The lowest BCUT2D eigenvalue weighted by molar-refractivity contribution is 0.0954. The number of nitrogens with zero attached hydrogens (tertiary/aromatic N) is 1. The van der Waals surface area contributed by atoms with Crippen molar-refractivity contribution in [3.8, 4) is 11.4 Å². The Labute approximate surface area is 123 Å². The Morgan fingerprint density at radius 2 is 1.95 bits per heavy atom. The van der Waals surface area contributed by atoms with Crippen molar-refractivity contribution in [2.75, 3.05) is 0 Å². The number of aromatic nitrogens is 2. The number of benzene rings is 2. The van der Waals surface area contributed by atoms with Gasteiger partial charge in [0.1, 0.15) is 5.82 Å². The molecule has 0 aliphatic carbocycles. The minimum atomic E-state index is -0.327. The van der Waals surface area contributed by atoms with E-state index < -0.39 is 0 Å². The maximum absolute atomic E-state index is 11.5. The van der Waals surface area contributed by atoms with Gasteiger partial charge >= 0.3 is 0 Å². The van der Waals surface area contributed by atoms with Crippen LogP contribution in [-0.2, 0) is 0 Å². The van der Waals surface area contributed by atoms with Gasteiger partial charge in [0, 0.05) is 15.6 Å². The van der Waals surface area contributed by atoms with E-state index in [4.69, 9.17) is 5.84 Å². The Morgan fingerprint density at radius 1 is 1.20 bits per heavy atom. The molecule has 0 unspecified atom stereocenters. The number of halogens is 1. The molecule has 3 rings (SSSR count). The molecule has 100 valence electrons. The summed E-state index contributed by atoms with van der Waals surface area (Å²) in [6.07, 6.45) is 0. The van der Waals surface area contributed by atoms with Gasteiger partial charge in [0.2, 0.25) is 0 Å². The Kier molecular flexibility index (Phi) is 3.25. The van der Waals surface area contributed by atoms with Crippen molar-refractivity contribution in [1.82, 2.24) is 15.4 Å². The lowest BCUT2D eigenvalue weighted by Crippen LogP contribution is -2.29. The Morgan fingerprint density at radius 3 is 2.65 bits per heavy atom. The van der Waals surface area contributed by atoms with Crippen LogP contribution in [-0.4, -0.2) is 15.9 Å². The number of hydrazine groups is 1. The van der Waals surface area contributed by atoms with Crippen molar-refractivity contribution in [1.29, 1.82) is 0 Å². The normalized spacial score (nSPS) is 10.7. The summed E-state index contributed by atoms with van der Waals surface area (Å²) in [4.78, 5) is 19.2. The minimum Gasteiger partial charge on any atom is -0.338 e. The van der Waals surface area contributed by atoms with Gasteiger partial charge < -0.3 is 4.98 Å². The van der Waals surface area contributed by atoms with Gasteiger partial charge in [-0.25, -0.2) is 10.8 Å². The topological polar surface area (TPSA) is 83.8 Å². The molecular weight excluding hydrogens is 320 g/mol. The van der Waals surface area contributed by atoms with Crippen LogP contribution in [0.2, 0.25) is 0 Å². The van der Waals surface area contributed by atoms with Gasteiger partial charge in [-0.1, -0.05) is 28.1 Å². The van der Waals surface area contributed by atoms with Gasteiger partial charge in [-0.3, -0.25) is 10.2 Å². The molecule has 4 N–H and O–H groups in total. The number of hydrogen-bond donors (Lipinski definition) is 3. The zero-order chi connectivity index (χ0) is 14.1. The second-order valence-corrected chi connectivity index (χ2v) is 5.21. The SMILES string of the molecule is NNC(=O)c1ccc2nc(-c3ccc(Br)cc3)[nH]c2c1. The number of carbonyl (C=O) groups excluding carboxylic acids is 1. The Balaban J connectivity index is 2.06. The second kappa shape index (κ2) is 5.07. The quantitative estimate of drug-likeness (QED) is 0.383. The fourth-order valence-electron chi connectivity index (χ4n) is 1.98. The lowest BCUT2D eigenvalue weighted by Gasteiger charge is -1.98. The standard InChI is InChI=1S/C14H11BrN4O/c15-10-4-1-8(2-5-10)13-17-11-6-3-9(14(20)19-16)7-12(11)18-13/h1-7H,16H2,(H,17,18)(H,19,20). The predicted molar refractivity (Wildman–Crippen MR) is 80.9 cm³/mol. The number of nitrogen functional groups attached to an aromatic ring is 1. The number of rotatable bonds is 2. The largest absolute Gasteiger partial charge is 0.338 e. The van der Waals surface area contributed by atoms with Gasteiger partial charge in [0.15, 0.2) is 0 Å². The van der Waals surface area contributed by atoms with Gasteiger partial charge in [-0.15, -0.1) is 0 Å². The second-order valence-electron chi connectivity index (χ2n) is 4.30. The van der Waals surface area contributed by atoms with E-state index in [0.717, 1.165) is 26.9 Å². The Hall–Kier alpha value is -2.18. The van der Waals surface area contributed by atoms with Crippen LogP contribution in [0.25, 0.3) is 22.4 Å². The molecule has 0 radical (unpaired) electrons. The maximum atomic E-state index is 11.5. The first-order chi connectivity index (χ1) is 9.67. The molecule has 3 aromatic rings. The van der Waals surface area contributed by atoms with E-state index in [1.807, 2.05) is 24.3 Å². The first kappa shape index (κ1) is 12.8. The highest BCUT2D eigenvalue weighted by Crippen LogP contribution is 2.22. The summed E-state index contributed by atoms with van der Waals surface area (Å²) in [5.41, 5.74) is 5.18. The molecule has 1 aromatic heterocycles. The third kappa shape index (κ3) is 2.31. The molecule has 1 amide bonds. The van der Waals surface area contributed by atoms with Crippen LogP contribution in [0.15, 0.2) is 46.9 Å². The molecule has 0 atom stereocenters.